The first kappa shape index (κ1) is 13.4. The number of aliphatic hydroxyl groups is 1. The van der Waals surface area contributed by atoms with Crippen molar-refractivity contribution in [2.45, 2.75) is 43.9 Å². The van der Waals surface area contributed by atoms with Gasteiger partial charge in [-0.15, -0.1) is 0 Å². The summed E-state index contributed by atoms with van der Waals surface area (Å²) < 4.78 is 6.05. The lowest BCUT2D eigenvalue weighted by molar-refractivity contribution is -0.108. The molecule has 1 aromatic heterocycles. The van der Waals surface area contributed by atoms with E-state index in [2.05, 4.69) is 15.2 Å². The molecule has 1 N–H and O–H groups in total. The first-order valence-corrected chi connectivity index (χ1v) is 8.39. The molecule has 4 aliphatic rings. The van der Waals surface area contributed by atoms with E-state index in [0.29, 0.717) is 11.8 Å². The first-order valence-electron chi connectivity index (χ1n) is 8.39. The molecule has 2 bridgehead atoms. The molecule has 5 heteroatoms. The van der Waals surface area contributed by atoms with Gasteiger partial charge in [-0.2, -0.15) is 10.2 Å². The smallest absolute Gasteiger partial charge is 0.226 e. The van der Waals surface area contributed by atoms with E-state index in [1.807, 2.05) is 30.3 Å². The summed E-state index contributed by atoms with van der Waals surface area (Å²) in [5.74, 6) is 2.67. The molecule has 6 rings (SSSR count). The number of aromatic nitrogens is 1. The Bertz CT molecular complexity index is 762. The van der Waals surface area contributed by atoms with Crippen molar-refractivity contribution in [2.24, 2.45) is 22.1 Å². The molecule has 0 amide bonds. The number of azo groups is 1. The molecular weight excluding hydrogens is 290 g/mol. The third kappa shape index (κ3) is 2.14. The van der Waals surface area contributed by atoms with Gasteiger partial charge in [-0.3, -0.25) is 0 Å². The van der Waals surface area contributed by atoms with E-state index in [9.17, 15) is 5.11 Å². The maximum atomic E-state index is 9.95. The summed E-state index contributed by atoms with van der Waals surface area (Å²) in [5, 5.41) is 18.5. The Morgan fingerprint density at radius 2 is 1.96 bits per heavy atom. The van der Waals surface area contributed by atoms with Gasteiger partial charge in [-0.25, -0.2) is 4.98 Å². The van der Waals surface area contributed by atoms with E-state index in [0.717, 1.165) is 55.0 Å². The molecule has 1 saturated carbocycles. The van der Waals surface area contributed by atoms with Gasteiger partial charge in [-0.1, -0.05) is 18.2 Å². The molecule has 0 spiro atoms. The highest BCUT2D eigenvalue weighted by atomic mass is 16.4. The molecular formula is C18H19N3O2. The molecule has 0 radical (unpaired) electrons. The summed E-state index contributed by atoms with van der Waals surface area (Å²) in [6, 6.07) is 10.3. The summed E-state index contributed by atoms with van der Waals surface area (Å²) in [7, 11) is 0. The van der Waals surface area contributed by atoms with Crippen LogP contribution in [-0.4, -0.2) is 21.9 Å². The van der Waals surface area contributed by atoms with Crippen LogP contribution in [0.1, 0.15) is 30.7 Å². The van der Waals surface area contributed by atoms with Crippen molar-refractivity contribution >= 4 is 0 Å². The largest absolute Gasteiger partial charge is 0.441 e. The molecule has 2 atom stereocenters. The van der Waals surface area contributed by atoms with Gasteiger partial charge >= 0.3 is 0 Å². The van der Waals surface area contributed by atoms with Crippen LogP contribution < -0.4 is 0 Å². The van der Waals surface area contributed by atoms with Crippen LogP contribution >= 0.6 is 0 Å². The second-order valence-corrected chi connectivity index (χ2v) is 7.11. The first-order chi connectivity index (χ1) is 11.2. The maximum Gasteiger partial charge on any atom is 0.226 e. The van der Waals surface area contributed by atoms with Crippen LogP contribution in [0.4, 0.5) is 0 Å². The Hall–Kier alpha value is -2.01. The van der Waals surface area contributed by atoms with E-state index in [1.165, 1.54) is 0 Å². The van der Waals surface area contributed by atoms with E-state index < -0.39 is 5.72 Å². The third-order valence-corrected chi connectivity index (χ3v) is 5.52. The zero-order valence-corrected chi connectivity index (χ0v) is 12.9. The molecule has 1 fully saturated rings. The second-order valence-electron chi connectivity index (χ2n) is 7.11. The number of hydrogen-bond acceptors (Lipinski definition) is 5. The van der Waals surface area contributed by atoms with Crippen LogP contribution in [0, 0.1) is 11.8 Å². The van der Waals surface area contributed by atoms with Crippen LogP contribution in [-0.2, 0) is 12.8 Å². The minimum absolute atomic E-state index is 0.238. The van der Waals surface area contributed by atoms with E-state index >= 15 is 0 Å². The SMILES string of the molecule is OC12CC(C1)C(C1CCc3nc(-c4ccccc4)oc3C1)N=N2. The van der Waals surface area contributed by atoms with Crippen LogP contribution in [0.3, 0.4) is 0 Å². The summed E-state index contributed by atoms with van der Waals surface area (Å²) in [6.45, 7) is 0. The summed E-state index contributed by atoms with van der Waals surface area (Å²) in [6.07, 6.45) is 4.45. The lowest BCUT2D eigenvalue weighted by Gasteiger charge is -2.48. The van der Waals surface area contributed by atoms with Crippen molar-refractivity contribution in [3.8, 4) is 11.5 Å². The van der Waals surface area contributed by atoms with Gasteiger partial charge in [0.25, 0.3) is 0 Å². The Morgan fingerprint density at radius 3 is 2.70 bits per heavy atom. The van der Waals surface area contributed by atoms with Crippen LogP contribution in [0.15, 0.2) is 45.0 Å². The predicted octanol–water partition coefficient (Wildman–Crippen LogP) is 3.38. The zero-order valence-electron chi connectivity index (χ0n) is 12.9. The zero-order chi connectivity index (χ0) is 15.4. The van der Waals surface area contributed by atoms with Crippen molar-refractivity contribution in [2.75, 3.05) is 0 Å². The topological polar surface area (TPSA) is 71.0 Å². The van der Waals surface area contributed by atoms with Crippen LogP contribution in [0.5, 0.6) is 0 Å². The molecule has 2 unspecified atom stereocenters. The highest BCUT2D eigenvalue weighted by Gasteiger charge is 2.52. The number of rotatable bonds is 2. The number of hydrogen-bond donors (Lipinski definition) is 1. The molecule has 2 aliphatic carbocycles. The number of aryl methyl sites for hydroxylation is 1. The number of benzene rings is 1. The van der Waals surface area contributed by atoms with Crippen molar-refractivity contribution in [1.29, 1.82) is 0 Å². The lowest BCUT2D eigenvalue weighted by atomic mass is 9.66. The summed E-state index contributed by atoms with van der Waals surface area (Å²) in [4.78, 5) is 4.68. The Labute approximate surface area is 134 Å². The van der Waals surface area contributed by atoms with E-state index in [1.54, 1.807) is 0 Å². The average molecular weight is 309 g/mol. The number of fused-ring (bicyclic) bond motifs is 2. The predicted molar refractivity (Wildman–Crippen MR) is 83.8 cm³/mol. The summed E-state index contributed by atoms with van der Waals surface area (Å²) >= 11 is 0. The number of nitrogens with zero attached hydrogens (tertiary/aromatic N) is 3. The molecule has 5 nitrogen and oxygen atoms in total. The molecule has 2 aliphatic heterocycles. The quantitative estimate of drug-likeness (QED) is 0.924. The molecule has 1 aromatic carbocycles. The Kier molecular flexibility index (Phi) is 2.77. The second kappa shape index (κ2) is 4.74. The molecule has 23 heavy (non-hydrogen) atoms. The van der Waals surface area contributed by atoms with E-state index in [4.69, 9.17) is 4.42 Å². The third-order valence-electron chi connectivity index (χ3n) is 5.52. The molecule has 2 aromatic rings. The van der Waals surface area contributed by atoms with Crippen LogP contribution in [0.25, 0.3) is 11.5 Å². The van der Waals surface area contributed by atoms with Gasteiger partial charge in [0.1, 0.15) is 5.76 Å². The standard InChI is InChI=1S/C18H19N3O2/c22-18-9-13(10-18)16(20-21-18)12-6-7-14-15(8-12)23-17(19-14)11-4-2-1-3-5-11/h1-5,12-13,16,22H,6-10H2. The molecule has 0 saturated heterocycles. The molecule has 3 heterocycles. The Morgan fingerprint density at radius 1 is 1.13 bits per heavy atom. The fourth-order valence-electron chi connectivity index (χ4n) is 4.25. The van der Waals surface area contributed by atoms with Gasteiger partial charge in [-0.05, 0) is 36.8 Å². The normalized spacial score (nSPS) is 34.7. The van der Waals surface area contributed by atoms with Crippen molar-refractivity contribution in [3.05, 3.63) is 41.8 Å². The summed E-state index contributed by atoms with van der Waals surface area (Å²) in [5.41, 5.74) is 1.28. The van der Waals surface area contributed by atoms with Gasteiger partial charge in [0.15, 0.2) is 5.72 Å². The fourth-order valence-corrected chi connectivity index (χ4v) is 4.25. The van der Waals surface area contributed by atoms with Gasteiger partial charge in [0.2, 0.25) is 5.89 Å². The Balaban J connectivity index is 1.39. The van der Waals surface area contributed by atoms with Crippen molar-refractivity contribution in [1.82, 2.24) is 4.98 Å². The highest BCUT2D eigenvalue weighted by Crippen LogP contribution is 2.49. The fraction of sp³-hybridized carbons (Fsp3) is 0.500. The van der Waals surface area contributed by atoms with Gasteiger partial charge in [0.05, 0.1) is 11.7 Å². The van der Waals surface area contributed by atoms with E-state index in [-0.39, 0.29) is 6.04 Å². The minimum Gasteiger partial charge on any atom is -0.441 e. The van der Waals surface area contributed by atoms with Crippen LogP contribution in [0.2, 0.25) is 0 Å². The monoisotopic (exact) mass is 309 g/mol. The highest BCUT2D eigenvalue weighted by molar-refractivity contribution is 5.53. The lowest BCUT2D eigenvalue weighted by Crippen LogP contribution is -2.52. The van der Waals surface area contributed by atoms with Gasteiger partial charge < -0.3 is 9.52 Å². The van der Waals surface area contributed by atoms with Crippen molar-refractivity contribution < 1.29 is 9.52 Å². The average Bonchev–Trinajstić information content (AvgIpc) is 2.98. The number of oxazole rings is 1. The van der Waals surface area contributed by atoms with Gasteiger partial charge in [0, 0.05) is 24.8 Å². The maximum absolute atomic E-state index is 9.95. The minimum atomic E-state index is -0.840. The molecule has 118 valence electrons. The van der Waals surface area contributed by atoms with Crippen molar-refractivity contribution in [3.63, 3.8) is 0 Å².